The highest BCUT2D eigenvalue weighted by Gasteiger charge is 2.31. The number of nitrogens with zero attached hydrogens (tertiary/aromatic N) is 2. The fourth-order valence-corrected chi connectivity index (χ4v) is 2.88. The lowest BCUT2D eigenvalue weighted by atomic mass is 9.79. The Morgan fingerprint density at radius 3 is 2.65 bits per heavy atom. The van der Waals surface area contributed by atoms with Crippen LogP contribution >= 0.6 is 11.3 Å². The summed E-state index contributed by atoms with van der Waals surface area (Å²) in [6, 6.07) is 0. The summed E-state index contributed by atoms with van der Waals surface area (Å²) in [5.41, 5.74) is 5.17. The van der Waals surface area contributed by atoms with E-state index in [4.69, 9.17) is 0 Å². The van der Waals surface area contributed by atoms with Crippen LogP contribution in [-0.2, 0) is 0 Å². The van der Waals surface area contributed by atoms with Crippen molar-refractivity contribution < 1.29 is 5.11 Å². The van der Waals surface area contributed by atoms with Gasteiger partial charge in [-0.1, -0.05) is 13.8 Å². The molecule has 3 nitrogen and oxygen atoms in total. The lowest BCUT2D eigenvalue weighted by Gasteiger charge is -2.30. The average Bonchev–Trinajstić information content (AvgIpc) is 2.79. The van der Waals surface area contributed by atoms with E-state index < -0.39 is 0 Å². The van der Waals surface area contributed by atoms with Gasteiger partial charge in [-0.25, -0.2) is 4.98 Å². The van der Waals surface area contributed by atoms with E-state index in [1.165, 1.54) is 10.3 Å². The topological polar surface area (TPSA) is 46.0 Å². The molecule has 0 unspecified atom stereocenters. The molecule has 1 fully saturated rings. The standard InChI is InChI=1S/C11H12N2OS.C2H6/c1-6-4-12-9(7-2-8(14)3-7)10-11(6)15-5-13-10;1-2/h4-5,7-8,14H,2-3H2,1H3;1-2H3. The zero-order valence-electron chi connectivity index (χ0n) is 10.5. The molecule has 17 heavy (non-hydrogen) atoms. The van der Waals surface area contributed by atoms with Crippen LogP contribution < -0.4 is 0 Å². The van der Waals surface area contributed by atoms with Crippen molar-refractivity contribution in [3.63, 3.8) is 0 Å². The van der Waals surface area contributed by atoms with E-state index in [0.717, 1.165) is 24.1 Å². The van der Waals surface area contributed by atoms with Crippen molar-refractivity contribution in [2.24, 2.45) is 0 Å². The van der Waals surface area contributed by atoms with Crippen molar-refractivity contribution in [1.29, 1.82) is 0 Å². The Kier molecular flexibility index (Phi) is 3.74. The van der Waals surface area contributed by atoms with E-state index in [1.54, 1.807) is 11.3 Å². The fourth-order valence-electron chi connectivity index (χ4n) is 2.10. The molecule has 0 amide bonds. The van der Waals surface area contributed by atoms with Crippen LogP contribution in [0.5, 0.6) is 0 Å². The number of aryl methyl sites for hydroxylation is 1. The molecule has 92 valence electrons. The Hall–Kier alpha value is -1.00. The second-order valence-electron chi connectivity index (χ2n) is 4.18. The van der Waals surface area contributed by atoms with Gasteiger partial charge in [0.05, 0.1) is 22.0 Å². The van der Waals surface area contributed by atoms with Gasteiger partial charge in [-0.05, 0) is 25.3 Å². The number of aromatic nitrogens is 2. The van der Waals surface area contributed by atoms with Crippen LogP contribution in [0.15, 0.2) is 11.7 Å². The SMILES string of the molecule is CC.Cc1cnc(C2CC(O)C2)c2ncsc12. The van der Waals surface area contributed by atoms with Gasteiger partial charge in [-0.3, -0.25) is 4.98 Å². The summed E-state index contributed by atoms with van der Waals surface area (Å²) < 4.78 is 1.24. The quantitative estimate of drug-likeness (QED) is 0.845. The van der Waals surface area contributed by atoms with Gasteiger partial charge in [-0.15, -0.1) is 11.3 Å². The van der Waals surface area contributed by atoms with Crippen molar-refractivity contribution in [1.82, 2.24) is 9.97 Å². The highest BCUT2D eigenvalue weighted by Crippen LogP contribution is 2.39. The third-order valence-electron chi connectivity index (χ3n) is 3.07. The minimum absolute atomic E-state index is 0.133. The monoisotopic (exact) mass is 250 g/mol. The van der Waals surface area contributed by atoms with Crippen LogP contribution in [0.1, 0.15) is 43.9 Å². The lowest BCUT2D eigenvalue weighted by Crippen LogP contribution is -2.27. The van der Waals surface area contributed by atoms with Gasteiger partial charge in [0.15, 0.2) is 0 Å². The number of pyridine rings is 1. The summed E-state index contributed by atoms with van der Waals surface area (Å²) in [5, 5.41) is 9.31. The van der Waals surface area contributed by atoms with Crippen molar-refractivity contribution in [3.05, 3.63) is 23.0 Å². The number of hydrogen-bond acceptors (Lipinski definition) is 4. The molecule has 0 aromatic carbocycles. The number of aliphatic hydroxyl groups excluding tert-OH is 1. The van der Waals surface area contributed by atoms with Crippen LogP contribution in [0.4, 0.5) is 0 Å². The van der Waals surface area contributed by atoms with Crippen molar-refractivity contribution in [2.45, 2.75) is 45.6 Å². The lowest BCUT2D eigenvalue weighted by molar-refractivity contribution is 0.0737. The number of hydrogen-bond donors (Lipinski definition) is 1. The van der Waals surface area contributed by atoms with E-state index in [-0.39, 0.29) is 6.10 Å². The molecular weight excluding hydrogens is 232 g/mol. The minimum atomic E-state index is -0.133. The van der Waals surface area contributed by atoms with Crippen molar-refractivity contribution in [3.8, 4) is 0 Å². The summed E-state index contributed by atoms with van der Waals surface area (Å²) in [6.07, 6.45) is 3.46. The van der Waals surface area contributed by atoms with Gasteiger partial charge in [0, 0.05) is 12.1 Å². The average molecular weight is 250 g/mol. The maximum Gasteiger partial charge on any atom is 0.103 e. The maximum atomic E-state index is 9.31. The summed E-state index contributed by atoms with van der Waals surface area (Å²) >= 11 is 1.67. The molecule has 0 saturated heterocycles. The van der Waals surface area contributed by atoms with Gasteiger partial charge in [0.2, 0.25) is 0 Å². The predicted octanol–water partition coefficient (Wildman–Crippen LogP) is 3.26. The largest absolute Gasteiger partial charge is 0.393 e. The molecule has 0 bridgehead atoms. The minimum Gasteiger partial charge on any atom is -0.393 e. The summed E-state index contributed by atoms with van der Waals surface area (Å²) in [7, 11) is 0. The fraction of sp³-hybridized carbons (Fsp3) is 0.538. The highest BCUT2D eigenvalue weighted by atomic mass is 32.1. The van der Waals surface area contributed by atoms with Crippen LogP contribution in [0, 0.1) is 6.92 Å². The highest BCUT2D eigenvalue weighted by molar-refractivity contribution is 7.17. The predicted molar refractivity (Wildman–Crippen MR) is 71.5 cm³/mol. The van der Waals surface area contributed by atoms with Crippen molar-refractivity contribution in [2.75, 3.05) is 0 Å². The first-order chi connectivity index (χ1) is 8.25. The van der Waals surface area contributed by atoms with E-state index in [1.807, 2.05) is 25.6 Å². The van der Waals surface area contributed by atoms with E-state index in [0.29, 0.717) is 5.92 Å². The van der Waals surface area contributed by atoms with E-state index in [9.17, 15) is 5.11 Å². The molecule has 1 aliphatic carbocycles. The second-order valence-corrected chi connectivity index (χ2v) is 5.03. The smallest absolute Gasteiger partial charge is 0.103 e. The van der Waals surface area contributed by atoms with Gasteiger partial charge in [0.25, 0.3) is 0 Å². The van der Waals surface area contributed by atoms with Crippen LogP contribution in [-0.4, -0.2) is 21.2 Å². The van der Waals surface area contributed by atoms with Crippen LogP contribution in [0.2, 0.25) is 0 Å². The molecule has 1 saturated carbocycles. The Bertz CT molecular complexity index is 503. The molecule has 2 aromatic heterocycles. The normalized spacial score (nSPS) is 22.8. The van der Waals surface area contributed by atoms with Crippen molar-refractivity contribution >= 4 is 21.6 Å². The molecular formula is C13H18N2OS. The van der Waals surface area contributed by atoms with Gasteiger partial charge < -0.3 is 5.11 Å². The summed E-state index contributed by atoms with van der Waals surface area (Å²) in [6.45, 7) is 6.06. The third kappa shape index (κ3) is 2.19. The molecule has 2 aromatic rings. The molecule has 0 atom stereocenters. The Morgan fingerprint density at radius 2 is 2.00 bits per heavy atom. The molecule has 3 rings (SSSR count). The Balaban J connectivity index is 0.000000514. The first kappa shape index (κ1) is 12.5. The Labute approximate surface area is 106 Å². The van der Waals surface area contributed by atoms with Crippen LogP contribution in [0.25, 0.3) is 10.2 Å². The second kappa shape index (κ2) is 5.10. The molecule has 1 aliphatic rings. The first-order valence-corrected chi connectivity index (χ1v) is 7.00. The summed E-state index contributed by atoms with van der Waals surface area (Å²) in [5.74, 6) is 0.408. The number of thiazole rings is 1. The molecule has 0 aliphatic heterocycles. The molecule has 0 spiro atoms. The zero-order chi connectivity index (χ0) is 12.4. The Morgan fingerprint density at radius 1 is 1.29 bits per heavy atom. The molecule has 1 N–H and O–H groups in total. The van der Waals surface area contributed by atoms with Gasteiger partial charge in [-0.2, -0.15) is 0 Å². The van der Waals surface area contributed by atoms with Gasteiger partial charge >= 0.3 is 0 Å². The number of rotatable bonds is 1. The zero-order valence-corrected chi connectivity index (χ0v) is 11.3. The first-order valence-electron chi connectivity index (χ1n) is 6.12. The summed E-state index contributed by atoms with van der Waals surface area (Å²) in [4.78, 5) is 8.85. The van der Waals surface area contributed by atoms with Crippen LogP contribution in [0.3, 0.4) is 0 Å². The van der Waals surface area contributed by atoms with E-state index >= 15 is 0 Å². The molecule has 2 heterocycles. The number of fused-ring (bicyclic) bond motifs is 1. The molecule has 4 heteroatoms. The number of aliphatic hydroxyl groups is 1. The van der Waals surface area contributed by atoms with E-state index in [2.05, 4.69) is 16.9 Å². The van der Waals surface area contributed by atoms with Gasteiger partial charge in [0.1, 0.15) is 5.52 Å². The maximum absolute atomic E-state index is 9.31. The third-order valence-corrected chi connectivity index (χ3v) is 4.03. The molecule has 0 radical (unpaired) electrons.